The Morgan fingerprint density at radius 3 is 2.77 bits per heavy atom. The quantitative estimate of drug-likeness (QED) is 0.429. The van der Waals surface area contributed by atoms with Gasteiger partial charge in [0, 0.05) is 42.7 Å². The van der Waals surface area contributed by atoms with Crippen molar-refractivity contribution in [2.45, 2.75) is 31.1 Å². The Hall–Kier alpha value is -3.60. The molecule has 5 heterocycles. The topological polar surface area (TPSA) is 81.3 Å². The van der Waals surface area contributed by atoms with Crippen LogP contribution in [0.1, 0.15) is 18.9 Å². The molecule has 1 saturated carbocycles. The molecule has 2 atom stereocenters. The maximum atomic E-state index is 13.4. The molecule has 2 aliphatic rings. The van der Waals surface area contributed by atoms with E-state index in [4.69, 9.17) is 4.74 Å². The molecule has 0 radical (unpaired) electrons. The third-order valence-electron chi connectivity index (χ3n) is 6.64. The van der Waals surface area contributed by atoms with Crippen LogP contribution in [0.15, 0.2) is 49.1 Å². The van der Waals surface area contributed by atoms with Crippen LogP contribution < -0.4 is 15.4 Å². The van der Waals surface area contributed by atoms with Crippen LogP contribution in [-0.4, -0.2) is 56.6 Å². The summed E-state index contributed by atoms with van der Waals surface area (Å²) in [5.74, 6) is -0.393. The molecule has 4 aromatic rings. The first-order chi connectivity index (χ1) is 16.9. The van der Waals surface area contributed by atoms with Gasteiger partial charge in [0.15, 0.2) is 0 Å². The summed E-state index contributed by atoms with van der Waals surface area (Å²) < 4.78 is 49.6. The zero-order valence-electron chi connectivity index (χ0n) is 19.0. The van der Waals surface area contributed by atoms with E-state index in [1.54, 1.807) is 25.4 Å². The van der Waals surface area contributed by atoms with E-state index in [1.165, 1.54) is 0 Å². The van der Waals surface area contributed by atoms with Gasteiger partial charge in [-0.2, -0.15) is 18.3 Å². The summed E-state index contributed by atoms with van der Waals surface area (Å²) in [7, 11) is 1.62. The number of fused-ring (bicyclic) bond motifs is 1. The van der Waals surface area contributed by atoms with E-state index in [0.717, 1.165) is 29.7 Å². The number of ether oxygens (including phenoxy) is 1. The summed E-state index contributed by atoms with van der Waals surface area (Å²) in [5, 5.41) is 10.3. The van der Waals surface area contributed by atoms with Crippen LogP contribution in [0.3, 0.4) is 0 Å². The molecule has 0 spiro atoms. The van der Waals surface area contributed by atoms with Crippen molar-refractivity contribution in [3.8, 4) is 28.3 Å². The third kappa shape index (κ3) is 4.09. The average molecular weight is 483 g/mol. The Balaban J connectivity index is 1.34. The van der Waals surface area contributed by atoms with Crippen LogP contribution in [0, 0.1) is 5.92 Å². The number of imidazole rings is 1. The molecule has 0 amide bonds. The van der Waals surface area contributed by atoms with Gasteiger partial charge in [0.1, 0.15) is 17.2 Å². The largest absolute Gasteiger partial charge is 0.496 e. The number of hydrogen-bond acceptors (Lipinski definition) is 6. The molecule has 2 fully saturated rings. The number of methoxy groups -OCH3 is 1. The summed E-state index contributed by atoms with van der Waals surface area (Å²) >= 11 is 0. The lowest BCUT2D eigenvalue weighted by Crippen LogP contribution is -2.38. The number of rotatable bonds is 6. The zero-order valence-corrected chi connectivity index (χ0v) is 19.0. The SMILES string of the molecule is COc1cc2ncc(-c3cccc(N[C@H]4CNC[C@@H]4C(F)(F)F)n3)n2cc1-c1cnn(C2CC2)c1. The minimum absolute atomic E-state index is 0.101. The molecular weight excluding hydrogens is 459 g/mol. The standard InChI is InChI=1S/C24H24F3N7O/c1-35-21-7-23-29-11-20(33(23)13-16(21)14-8-30-34(12-14)15-5-6-15)18-3-2-4-22(31-18)32-19-10-28-9-17(19)24(25,26)27/h2-4,7-8,11-13,15,17,19,28H,5-6,9-10H2,1H3,(H,31,32)/t17-,19-/m0/s1. The molecule has 182 valence electrons. The van der Waals surface area contributed by atoms with Crippen LogP contribution >= 0.6 is 0 Å². The van der Waals surface area contributed by atoms with Crippen molar-refractivity contribution in [2.75, 3.05) is 25.5 Å². The highest BCUT2D eigenvalue weighted by molar-refractivity contribution is 5.73. The maximum absolute atomic E-state index is 13.4. The lowest BCUT2D eigenvalue weighted by atomic mass is 10.0. The molecule has 35 heavy (non-hydrogen) atoms. The molecule has 0 aromatic carbocycles. The number of anilines is 1. The number of hydrogen-bond donors (Lipinski definition) is 2. The van der Waals surface area contributed by atoms with Gasteiger partial charge in [-0.3, -0.25) is 9.08 Å². The van der Waals surface area contributed by atoms with Crippen LogP contribution in [0.5, 0.6) is 5.75 Å². The summed E-state index contributed by atoms with van der Waals surface area (Å²) in [6.07, 6.45) is 5.49. The normalized spacial score (nSPS) is 20.5. The fourth-order valence-corrected chi connectivity index (χ4v) is 4.62. The number of aromatic nitrogens is 5. The van der Waals surface area contributed by atoms with Gasteiger partial charge in [-0.15, -0.1) is 0 Å². The van der Waals surface area contributed by atoms with E-state index in [1.807, 2.05) is 39.8 Å². The van der Waals surface area contributed by atoms with Crippen molar-refractivity contribution in [1.82, 2.24) is 29.5 Å². The summed E-state index contributed by atoms with van der Waals surface area (Å²) in [6, 6.07) is 6.82. The van der Waals surface area contributed by atoms with Crippen molar-refractivity contribution in [3.05, 3.63) is 49.1 Å². The second kappa shape index (κ2) is 8.26. The molecule has 1 aliphatic heterocycles. The Labute approximate surface area is 199 Å². The fourth-order valence-electron chi connectivity index (χ4n) is 4.62. The minimum atomic E-state index is -4.27. The second-order valence-electron chi connectivity index (χ2n) is 9.03. The Kier molecular flexibility index (Phi) is 5.17. The summed E-state index contributed by atoms with van der Waals surface area (Å²) in [6.45, 7) is 0.124. The Morgan fingerprint density at radius 1 is 1.14 bits per heavy atom. The Morgan fingerprint density at radius 2 is 2.00 bits per heavy atom. The van der Waals surface area contributed by atoms with E-state index < -0.39 is 18.1 Å². The van der Waals surface area contributed by atoms with Crippen LogP contribution in [0.4, 0.5) is 19.0 Å². The maximum Gasteiger partial charge on any atom is 0.395 e. The first-order valence-electron chi connectivity index (χ1n) is 11.5. The highest BCUT2D eigenvalue weighted by atomic mass is 19.4. The van der Waals surface area contributed by atoms with Crippen LogP contribution in [0.25, 0.3) is 28.2 Å². The summed E-state index contributed by atoms with van der Waals surface area (Å²) in [4.78, 5) is 9.11. The highest BCUT2D eigenvalue weighted by Crippen LogP contribution is 2.38. The van der Waals surface area contributed by atoms with Crippen molar-refractivity contribution in [3.63, 3.8) is 0 Å². The highest BCUT2D eigenvalue weighted by Gasteiger charge is 2.47. The zero-order chi connectivity index (χ0) is 24.2. The molecule has 4 aromatic heterocycles. The van der Waals surface area contributed by atoms with E-state index in [-0.39, 0.29) is 13.1 Å². The Bertz CT molecular complexity index is 1380. The van der Waals surface area contributed by atoms with Crippen LogP contribution in [-0.2, 0) is 0 Å². The first kappa shape index (κ1) is 21.9. The van der Waals surface area contributed by atoms with Crippen molar-refractivity contribution >= 4 is 11.5 Å². The van der Waals surface area contributed by atoms with E-state index in [0.29, 0.717) is 29.0 Å². The second-order valence-corrected chi connectivity index (χ2v) is 9.03. The lowest BCUT2D eigenvalue weighted by molar-refractivity contribution is -0.170. The number of nitrogens with zero attached hydrogens (tertiary/aromatic N) is 5. The summed E-state index contributed by atoms with van der Waals surface area (Å²) in [5.41, 5.74) is 3.80. The average Bonchev–Trinajstić information content (AvgIpc) is 3.22. The van der Waals surface area contributed by atoms with E-state index in [2.05, 4.69) is 25.7 Å². The predicted molar refractivity (Wildman–Crippen MR) is 124 cm³/mol. The van der Waals surface area contributed by atoms with Crippen molar-refractivity contribution in [1.29, 1.82) is 0 Å². The number of halogens is 3. The third-order valence-corrected chi connectivity index (χ3v) is 6.64. The monoisotopic (exact) mass is 483 g/mol. The van der Waals surface area contributed by atoms with E-state index >= 15 is 0 Å². The van der Waals surface area contributed by atoms with Crippen molar-refractivity contribution < 1.29 is 17.9 Å². The molecule has 8 nitrogen and oxygen atoms in total. The van der Waals surface area contributed by atoms with Gasteiger partial charge in [-0.25, -0.2) is 9.97 Å². The molecule has 1 saturated heterocycles. The molecule has 0 bridgehead atoms. The number of pyridine rings is 2. The molecule has 1 aliphatic carbocycles. The molecule has 0 unspecified atom stereocenters. The van der Waals surface area contributed by atoms with Gasteiger partial charge in [0.25, 0.3) is 0 Å². The molecule has 11 heteroatoms. The van der Waals surface area contributed by atoms with Gasteiger partial charge in [0.2, 0.25) is 0 Å². The lowest BCUT2D eigenvalue weighted by Gasteiger charge is -2.22. The number of alkyl halides is 3. The minimum Gasteiger partial charge on any atom is -0.496 e. The first-order valence-corrected chi connectivity index (χ1v) is 11.5. The molecule has 6 rings (SSSR count). The van der Waals surface area contributed by atoms with Crippen LogP contribution in [0.2, 0.25) is 0 Å². The predicted octanol–water partition coefficient (Wildman–Crippen LogP) is 4.17. The van der Waals surface area contributed by atoms with E-state index in [9.17, 15) is 13.2 Å². The van der Waals surface area contributed by atoms with Gasteiger partial charge in [0.05, 0.1) is 48.9 Å². The molecular formula is C24H24F3N7O. The van der Waals surface area contributed by atoms with Gasteiger partial charge in [-0.05, 0) is 25.0 Å². The number of nitrogens with one attached hydrogen (secondary N) is 2. The molecule has 2 N–H and O–H groups in total. The van der Waals surface area contributed by atoms with Gasteiger partial charge in [-0.1, -0.05) is 6.07 Å². The van der Waals surface area contributed by atoms with Gasteiger partial charge >= 0.3 is 6.18 Å². The smallest absolute Gasteiger partial charge is 0.395 e. The fraction of sp³-hybridized carbons (Fsp3) is 0.375. The van der Waals surface area contributed by atoms with Gasteiger partial charge < -0.3 is 15.4 Å². The van der Waals surface area contributed by atoms with Crippen molar-refractivity contribution in [2.24, 2.45) is 5.92 Å².